The summed E-state index contributed by atoms with van der Waals surface area (Å²) in [4.78, 5) is 19.4. The predicted octanol–water partition coefficient (Wildman–Crippen LogP) is 3.47. The quantitative estimate of drug-likeness (QED) is 0.589. The van der Waals surface area contributed by atoms with Gasteiger partial charge in [0.15, 0.2) is 0 Å². The lowest BCUT2D eigenvalue weighted by molar-refractivity contribution is 0.598. The summed E-state index contributed by atoms with van der Waals surface area (Å²) in [5.74, 6) is 0.773. The molecule has 0 saturated carbocycles. The highest BCUT2D eigenvalue weighted by Gasteiger charge is 2.02. The maximum absolute atomic E-state index is 12.0. The molecule has 3 rings (SSSR count). The van der Waals surface area contributed by atoms with E-state index in [1.807, 2.05) is 24.3 Å². The van der Waals surface area contributed by atoms with Crippen LogP contribution in [0.2, 0.25) is 0 Å². The lowest BCUT2D eigenvalue weighted by Gasteiger charge is -2.06. The number of H-pyrrole nitrogens is 1. The highest BCUT2D eigenvalue weighted by Crippen LogP contribution is 2.06. The van der Waals surface area contributed by atoms with E-state index >= 15 is 0 Å². The molecule has 0 aliphatic rings. The number of aromatic nitrogens is 2. The summed E-state index contributed by atoms with van der Waals surface area (Å²) in [6, 6.07) is 18.1. The normalized spacial score (nSPS) is 11.0. The molecule has 2 N–H and O–H groups in total. The van der Waals surface area contributed by atoms with Gasteiger partial charge in [0.1, 0.15) is 5.82 Å². The number of aromatic amines is 1. The van der Waals surface area contributed by atoms with Crippen LogP contribution in [0.4, 0.5) is 0 Å². The zero-order chi connectivity index (χ0) is 17.3. The van der Waals surface area contributed by atoms with Crippen LogP contribution in [0.15, 0.2) is 59.4 Å². The first-order valence-electron chi connectivity index (χ1n) is 9.05. The second kappa shape index (κ2) is 9.14. The van der Waals surface area contributed by atoms with Crippen LogP contribution in [-0.2, 0) is 12.8 Å². The Morgan fingerprint density at radius 2 is 1.60 bits per heavy atom. The molecule has 25 heavy (non-hydrogen) atoms. The summed E-state index contributed by atoms with van der Waals surface area (Å²) in [5.41, 5.74) is 2.14. The number of para-hydroxylation sites is 1. The van der Waals surface area contributed by atoms with Crippen LogP contribution >= 0.6 is 0 Å². The van der Waals surface area contributed by atoms with Crippen molar-refractivity contribution in [2.24, 2.45) is 0 Å². The second-order valence-corrected chi connectivity index (χ2v) is 6.33. The summed E-state index contributed by atoms with van der Waals surface area (Å²) in [5, 5.41) is 4.13. The monoisotopic (exact) mass is 335 g/mol. The maximum atomic E-state index is 12.0. The van der Waals surface area contributed by atoms with Crippen molar-refractivity contribution in [1.29, 1.82) is 0 Å². The number of rotatable bonds is 9. The van der Waals surface area contributed by atoms with E-state index < -0.39 is 0 Å². The summed E-state index contributed by atoms with van der Waals surface area (Å²) >= 11 is 0. The Kier molecular flexibility index (Phi) is 6.35. The number of hydrogen-bond donors (Lipinski definition) is 2. The fourth-order valence-electron chi connectivity index (χ4n) is 2.98. The summed E-state index contributed by atoms with van der Waals surface area (Å²) < 4.78 is 0. The first kappa shape index (κ1) is 17.4. The minimum atomic E-state index is -0.0468. The fourth-order valence-corrected chi connectivity index (χ4v) is 2.98. The molecule has 3 aromatic rings. The minimum Gasteiger partial charge on any atom is -0.317 e. The molecule has 0 bridgehead atoms. The van der Waals surface area contributed by atoms with Gasteiger partial charge in [0.2, 0.25) is 0 Å². The van der Waals surface area contributed by atoms with Crippen molar-refractivity contribution < 1.29 is 0 Å². The van der Waals surface area contributed by atoms with E-state index in [-0.39, 0.29) is 5.56 Å². The number of nitrogens with one attached hydrogen (secondary N) is 2. The average Bonchev–Trinajstić information content (AvgIpc) is 2.65. The van der Waals surface area contributed by atoms with E-state index in [0.29, 0.717) is 5.39 Å². The second-order valence-electron chi connectivity index (χ2n) is 6.33. The van der Waals surface area contributed by atoms with E-state index in [4.69, 9.17) is 0 Å². The van der Waals surface area contributed by atoms with Crippen LogP contribution in [0, 0.1) is 0 Å². The zero-order valence-electron chi connectivity index (χ0n) is 14.5. The van der Waals surface area contributed by atoms with Crippen LogP contribution in [0.1, 0.15) is 30.7 Å². The topological polar surface area (TPSA) is 57.8 Å². The van der Waals surface area contributed by atoms with E-state index in [0.717, 1.165) is 43.7 Å². The van der Waals surface area contributed by atoms with Crippen molar-refractivity contribution in [3.8, 4) is 0 Å². The van der Waals surface area contributed by atoms with E-state index in [2.05, 4.69) is 45.6 Å². The number of hydrogen-bond acceptors (Lipinski definition) is 3. The third-order valence-electron chi connectivity index (χ3n) is 4.34. The fraction of sp³-hybridized carbons (Fsp3) is 0.333. The predicted molar refractivity (Wildman–Crippen MR) is 103 cm³/mol. The summed E-state index contributed by atoms with van der Waals surface area (Å²) in [7, 11) is 0. The maximum Gasteiger partial charge on any atom is 0.258 e. The van der Waals surface area contributed by atoms with Crippen LogP contribution in [-0.4, -0.2) is 23.1 Å². The molecule has 0 atom stereocenters. The number of benzene rings is 2. The Hall–Kier alpha value is -2.46. The third-order valence-corrected chi connectivity index (χ3v) is 4.34. The summed E-state index contributed by atoms with van der Waals surface area (Å²) in [6.07, 6.45) is 5.29. The molecule has 0 spiro atoms. The molecular weight excluding hydrogens is 310 g/mol. The van der Waals surface area contributed by atoms with E-state index in [9.17, 15) is 4.79 Å². The van der Waals surface area contributed by atoms with Gasteiger partial charge < -0.3 is 10.3 Å². The van der Waals surface area contributed by atoms with Crippen molar-refractivity contribution in [3.63, 3.8) is 0 Å². The largest absolute Gasteiger partial charge is 0.317 e. The van der Waals surface area contributed by atoms with Crippen LogP contribution in [0.3, 0.4) is 0 Å². The van der Waals surface area contributed by atoms with Crippen molar-refractivity contribution in [3.05, 3.63) is 76.3 Å². The first-order chi connectivity index (χ1) is 12.3. The Balaban J connectivity index is 1.33. The van der Waals surface area contributed by atoms with Gasteiger partial charge in [-0.2, -0.15) is 0 Å². The first-order valence-corrected chi connectivity index (χ1v) is 9.05. The van der Waals surface area contributed by atoms with Gasteiger partial charge in [0, 0.05) is 6.42 Å². The van der Waals surface area contributed by atoms with Crippen LogP contribution < -0.4 is 10.9 Å². The number of aryl methyl sites for hydroxylation is 2. The van der Waals surface area contributed by atoms with Crippen LogP contribution in [0.5, 0.6) is 0 Å². The highest BCUT2D eigenvalue weighted by atomic mass is 16.1. The van der Waals surface area contributed by atoms with Crippen molar-refractivity contribution in [1.82, 2.24) is 15.3 Å². The van der Waals surface area contributed by atoms with Gasteiger partial charge in [-0.15, -0.1) is 0 Å². The van der Waals surface area contributed by atoms with Crippen LogP contribution in [0.25, 0.3) is 10.9 Å². The average molecular weight is 335 g/mol. The van der Waals surface area contributed by atoms with Gasteiger partial charge in [-0.05, 0) is 56.5 Å². The molecule has 0 radical (unpaired) electrons. The minimum absolute atomic E-state index is 0.0468. The Morgan fingerprint density at radius 1 is 0.840 bits per heavy atom. The Morgan fingerprint density at radius 3 is 2.48 bits per heavy atom. The zero-order valence-corrected chi connectivity index (χ0v) is 14.5. The summed E-state index contributed by atoms with van der Waals surface area (Å²) in [6.45, 7) is 1.98. The molecule has 4 heteroatoms. The molecule has 1 heterocycles. The van der Waals surface area contributed by atoms with Crippen molar-refractivity contribution >= 4 is 10.9 Å². The van der Waals surface area contributed by atoms with Gasteiger partial charge >= 0.3 is 0 Å². The standard InChI is InChI=1S/C21H25N3O/c25-21-18-12-4-5-13-19(18)23-20(24-21)14-8-16-22-15-7-6-11-17-9-2-1-3-10-17/h1-5,9-10,12-13,22H,6-8,11,14-16H2,(H,23,24,25). The Bertz CT molecular complexity index is 842. The molecule has 0 saturated heterocycles. The molecule has 2 aromatic carbocycles. The van der Waals surface area contributed by atoms with E-state index in [1.165, 1.54) is 18.4 Å². The van der Waals surface area contributed by atoms with Gasteiger partial charge in [-0.25, -0.2) is 4.98 Å². The third kappa shape index (κ3) is 5.26. The smallest absolute Gasteiger partial charge is 0.258 e. The van der Waals surface area contributed by atoms with Gasteiger partial charge in [-0.1, -0.05) is 42.5 Å². The number of fused-ring (bicyclic) bond motifs is 1. The van der Waals surface area contributed by atoms with E-state index in [1.54, 1.807) is 0 Å². The number of nitrogens with zero attached hydrogens (tertiary/aromatic N) is 1. The molecule has 4 nitrogen and oxygen atoms in total. The molecule has 0 aliphatic carbocycles. The molecular formula is C21H25N3O. The lowest BCUT2D eigenvalue weighted by Crippen LogP contribution is -2.18. The van der Waals surface area contributed by atoms with Crippen molar-refractivity contribution in [2.75, 3.05) is 13.1 Å². The van der Waals surface area contributed by atoms with Gasteiger partial charge in [0.05, 0.1) is 10.9 Å². The molecule has 0 aliphatic heterocycles. The highest BCUT2D eigenvalue weighted by molar-refractivity contribution is 5.77. The molecule has 130 valence electrons. The Labute approximate surface area is 148 Å². The van der Waals surface area contributed by atoms with Crippen molar-refractivity contribution in [2.45, 2.75) is 32.1 Å². The van der Waals surface area contributed by atoms with Gasteiger partial charge in [0.25, 0.3) is 5.56 Å². The molecule has 0 unspecified atom stereocenters. The molecule has 0 amide bonds. The lowest BCUT2D eigenvalue weighted by atomic mass is 10.1. The molecule has 1 aromatic heterocycles. The molecule has 0 fully saturated rings. The number of unbranched alkanes of at least 4 members (excludes halogenated alkanes) is 1. The SMILES string of the molecule is O=c1[nH]c(CCCNCCCCc2ccccc2)nc2ccccc12. The van der Waals surface area contributed by atoms with Gasteiger partial charge in [-0.3, -0.25) is 4.79 Å².